The van der Waals surface area contributed by atoms with Crippen LogP contribution in [0.15, 0.2) is 39.7 Å². The summed E-state index contributed by atoms with van der Waals surface area (Å²) < 4.78 is 13.9. The highest BCUT2D eigenvalue weighted by Crippen LogP contribution is 2.14. The average molecular weight is 541 g/mol. The van der Waals surface area contributed by atoms with Crippen molar-refractivity contribution in [3.05, 3.63) is 51.2 Å². The quantitative estimate of drug-likeness (QED) is 0.158. The maximum absolute atomic E-state index is 12.4. The summed E-state index contributed by atoms with van der Waals surface area (Å²) in [5, 5.41) is 6.93. The van der Waals surface area contributed by atoms with E-state index in [9.17, 15) is 9.18 Å². The zero-order chi connectivity index (χ0) is 19.7. The molecule has 0 aliphatic heterocycles. The lowest BCUT2D eigenvalue weighted by atomic mass is 10.3. The van der Waals surface area contributed by atoms with Crippen molar-refractivity contribution in [3.8, 4) is 0 Å². The highest BCUT2D eigenvalue weighted by molar-refractivity contribution is 9.10. The van der Waals surface area contributed by atoms with Crippen LogP contribution in [0.4, 0.5) is 10.3 Å². The Morgan fingerprint density at radius 3 is 2.14 bits per heavy atom. The van der Waals surface area contributed by atoms with Crippen LogP contribution in [0.3, 0.4) is 0 Å². The Bertz CT molecular complexity index is 886. The van der Waals surface area contributed by atoms with Crippen LogP contribution in [0.1, 0.15) is 17.8 Å². The fourth-order valence-electron chi connectivity index (χ4n) is 1.43. The van der Waals surface area contributed by atoms with Crippen LogP contribution in [0.25, 0.3) is 11.0 Å². The number of pyridine rings is 2. The van der Waals surface area contributed by atoms with Crippen LogP contribution >= 0.6 is 44.3 Å². The van der Waals surface area contributed by atoms with Gasteiger partial charge in [0.15, 0.2) is 17.9 Å². The molecule has 152 valence electrons. The molecule has 0 radical (unpaired) electrons. The molecule has 3 aromatic heterocycles. The molecule has 3 heterocycles. The molecule has 0 aliphatic carbocycles. The summed E-state index contributed by atoms with van der Waals surface area (Å²) in [7, 11) is 0. The number of hydrogen-bond donors (Lipinski definition) is 4. The third-order valence-corrected chi connectivity index (χ3v) is 3.25. The van der Waals surface area contributed by atoms with Gasteiger partial charge in [0.05, 0.1) is 5.56 Å². The van der Waals surface area contributed by atoms with Gasteiger partial charge in [0.25, 0.3) is 0 Å². The normalized spacial score (nSPS) is 8.68. The largest absolute Gasteiger partial charge is 0.370 e. The number of aromatic nitrogens is 4. The first-order valence-corrected chi connectivity index (χ1v) is 8.21. The van der Waals surface area contributed by atoms with E-state index >= 15 is 0 Å². The van der Waals surface area contributed by atoms with Gasteiger partial charge in [0.1, 0.15) is 0 Å². The van der Waals surface area contributed by atoms with Crippen molar-refractivity contribution in [2.45, 2.75) is 7.43 Å². The zero-order valence-electron chi connectivity index (χ0n) is 13.4. The summed E-state index contributed by atoms with van der Waals surface area (Å²) in [4.78, 5) is 25.3. The maximum Gasteiger partial charge on any atom is 0.223 e. The van der Waals surface area contributed by atoms with Gasteiger partial charge >= 0.3 is 0 Å². The standard InChI is InChI=1S/C7H5BrN4.C6H3BrFNO.CH5N3.CH4.ClH/c8-5-1-4-2-11-7(9)12-6(4)10-3-5;7-5-1-4(3-10)6(8)9-2-5;2-1(3)4;;/h1-3H,(H2,9,10,11,12);1-3H;(H5,2,3,4);1H4;1H. The Hall–Kier alpha value is -2.44. The first-order chi connectivity index (χ1) is 12.2. The molecule has 0 saturated heterocycles. The SMILES string of the molecule is C.Cl.N=C(N)N.Nc1ncc2cc(Br)cnc2n1.O=Cc1cc(Br)cnc1F. The van der Waals surface area contributed by atoms with Crippen LogP contribution in [0, 0.1) is 11.4 Å². The molecule has 0 bridgehead atoms. The molecule has 0 saturated carbocycles. The molecule has 3 aromatic rings. The molecule has 0 aromatic carbocycles. The highest BCUT2D eigenvalue weighted by atomic mass is 79.9. The number of anilines is 1. The monoisotopic (exact) mass is 538 g/mol. The van der Waals surface area contributed by atoms with Crippen molar-refractivity contribution in [1.82, 2.24) is 19.9 Å². The zero-order valence-corrected chi connectivity index (χ0v) is 17.4. The Kier molecular flexibility index (Phi) is 13.6. The molecule has 9 nitrogen and oxygen atoms in total. The van der Waals surface area contributed by atoms with Gasteiger partial charge in [-0.15, -0.1) is 12.4 Å². The van der Waals surface area contributed by atoms with Crippen molar-refractivity contribution in [2.75, 3.05) is 5.73 Å². The smallest absolute Gasteiger partial charge is 0.223 e. The third kappa shape index (κ3) is 10.0. The molecule has 7 N–H and O–H groups in total. The molecule has 0 aliphatic rings. The highest BCUT2D eigenvalue weighted by Gasteiger charge is 2.01. The predicted molar refractivity (Wildman–Crippen MR) is 117 cm³/mol. The summed E-state index contributed by atoms with van der Waals surface area (Å²) in [6.07, 6.45) is 5.04. The number of aldehydes is 1. The third-order valence-electron chi connectivity index (χ3n) is 2.38. The molecule has 13 heteroatoms. The summed E-state index contributed by atoms with van der Waals surface area (Å²) in [5.41, 5.74) is 14.9. The minimum Gasteiger partial charge on any atom is -0.370 e. The molecule has 0 amide bonds. The molecule has 3 rings (SSSR count). The van der Waals surface area contributed by atoms with Crippen molar-refractivity contribution in [3.63, 3.8) is 0 Å². The molecule has 0 unspecified atom stereocenters. The van der Waals surface area contributed by atoms with Gasteiger partial charge < -0.3 is 17.2 Å². The lowest BCUT2D eigenvalue weighted by Gasteiger charge is -1.96. The van der Waals surface area contributed by atoms with Crippen LogP contribution in [-0.4, -0.2) is 32.2 Å². The van der Waals surface area contributed by atoms with E-state index in [-0.39, 0.29) is 37.3 Å². The first-order valence-electron chi connectivity index (χ1n) is 6.62. The summed E-state index contributed by atoms with van der Waals surface area (Å²) >= 11 is 6.35. The number of rotatable bonds is 1. The Balaban J connectivity index is 0. The predicted octanol–water partition coefficient (Wildman–Crippen LogP) is 3.06. The average Bonchev–Trinajstić information content (AvgIpc) is 2.57. The molecule has 0 fully saturated rings. The number of hydrogen-bond acceptors (Lipinski definition) is 7. The minimum absolute atomic E-state index is 0. The van der Waals surface area contributed by atoms with Gasteiger partial charge in [-0.3, -0.25) is 10.2 Å². The fraction of sp³-hybridized carbons (Fsp3) is 0.0667. The molecule has 28 heavy (non-hydrogen) atoms. The van der Waals surface area contributed by atoms with E-state index < -0.39 is 5.95 Å². The summed E-state index contributed by atoms with van der Waals surface area (Å²) in [6.45, 7) is 0. The van der Waals surface area contributed by atoms with Crippen LogP contribution in [0.5, 0.6) is 0 Å². The second-order valence-electron chi connectivity index (χ2n) is 4.40. The number of carbonyl (C=O) groups excluding carboxylic acids is 1. The summed E-state index contributed by atoms with van der Waals surface area (Å²) in [6, 6.07) is 3.26. The van der Waals surface area contributed by atoms with E-state index in [4.69, 9.17) is 11.1 Å². The number of nitrogen functional groups attached to an aromatic ring is 1. The van der Waals surface area contributed by atoms with Gasteiger partial charge in [-0.2, -0.15) is 9.37 Å². The number of guanidine groups is 1. The van der Waals surface area contributed by atoms with E-state index in [0.29, 0.717) is 16.4 Å². The van der Waals surface area contributed by atoms with Gasteiger partial charge in [0, 0.05) is 32.9 Å². The van der Waals surface area contributed by atoms with Crippen molar-refractivity contribution >= 4 is 73.5 Å². The number of fused-ring (bicyclic) bond motifs is 1. The molecule has 0 atom stereocenters. The minimum atomic E-state index is -0.738. The van der Waals surface area contributed by atoms with Gasteiger partial charge in [-0.05, 0) is 44.0 Å². The van der Waals surface area contributed by atoms with Gasteiger partial charge in [-0.25, -0.2) is 15.0 Å². The number of nitrogens with one attached hydrogen (secondary N) is 1. The van der Waals surface area contributed by atoms with Gasteiger partial charge in [0.2, 0.25) is 11.9 Å². The molecular formula is C15H18Br2ClFN8O. The molecule has 0 spiro atoms. The molecular weight excluding hydrogens is 522 g/mol. The number of halogens is 4. The van der Waals surface area contributed by atoms with E-state index in [1.807, 2.05) is 6.07 Å². The lowest BCUT2D eigenvalue weighted by molar-refractivity contribution is 0.111. The Morgan fingerprint density at radius 2 is 1.61 bits per heavy atom. The first kappa shape index (κ1) is 27.8. The van der Waals surface area contributed by atoms with Crippen molar-refractivity contribution in [2.24, 2.45) is 11.5 Å². The Labute approximate surface area is 183 Å². The number of carbonyl (C=O) groups is 1. The summed E-state index contributed by atoms with van der Waals surface area (Å²) in [5.74, 6) is -0.824. The number of nitrogens with two attached hydrogens (primary N) is 3. The fourth-order valence-corrected chi connectivity index (χ4v) is 2.13. The van der Waals surface area contributed by atoms with E-state index in [1.165, 1.54) is 12.3 Å². The Morgan fingerprint density at radius 1 is 1.07 bits per heavy atom. The second kappa shape index (κ2) is 13.7. The lowest BCUT2D eigenvalue weighted by Crippen LogP contribution is -2.20. The van der Waals surface area contributed by atoms with Crippen LogP contribution < -0.4 is 17.2 Å². The van der Waals surface area contributed by atoms with Crippen molar-refractivity contribution in [1.29, 1.82) is 5.41 Å². The van der Waals surface area contributed by atoms with E-state index in [1.54, 1.807) is 12.4 Å². The van der Waals surface area contributed by atoms with Crippen LogP contribution in [0.2, 0.25) is 0 Å². The van der Waals surface area contributed by atoms with E-state index in [0.717, 1.165) is 9.86 Å². The van der Waals surface area contributed by atoms with Crippen LogP contribution in [-0.2, 0) is 0 Å². The topological polar surface area (TPSA) is 171 Å². The maximum atomic E-state index is 12.4. The van der Waals surface area contributed by atoms with E-state index in [2.05, 4.69) is 63.3 Å². The number of nitrogens with zero attached hydrogens (tertiary/aromatic N) is 4. The second-order valence-corrected chi connectivity index (χ2v) is 6.23. The van der Waals surface area contributed by atoms with Gasteiger partial charge in [-0.1, -0.05) is 7.43 Å². The van der Waals surface area contributed by atoms with Crippen molar-refractivity contribution < 1.29 is 9.18 Å².